The van der Waals surface area contributed by atoms with Gasteiger partial charge in [0.15, 0.2) is 0 Å². The van der Waals surface area contributed by atoms with Crippen LogP contribution in [0.3, 0.4) is 0 Å². The Morgan fingerprint density at radius 2 is 1.82 bits per heavy atom. The summed E-state index contributed by atoms with van der Waals surface area (Å²) in [6, 6.07) is 3.06. The molecule has 0 amide bonds. The highest BCUT2D eigenvalue weighted by Gasteiger charge is 2.31. The Balaban J connectivity index is 2.38. The molecule has 1 aliphatic heterocycles. The van der Waals surface area contributed by atoms with Gasteiger partial charge in [-0.3, -0.25) is 10.1 Å². The Morgan fingerprint density at radius 1 is 1.23 bits per heavy atom. The highest BCUT2D eigenvalue weighted by molar-refractivity contribution is 7.89. The second-order valence-electron chi connectivity index (χ2n) is 5.63. The third-order valence-corrected chi connectivity index (χ3v) is 6.21. The molecule has 0 atom stereocenters. The lowest BCUT2D eigenvalue weighted by Gasteiger charge is -2.31. The number of nitro groups is 1. The smallest absolute Gasteiger partial charge is 0.273 e. The number of nitro benzene ring substituents is 1. The number of piperidine rings is 1. The molecule has 0 aromatic heterocycles. The lowest BCUT2D eigenvalue weighted by atomic mass is 10.1. The van der Waals surface area contributed by atoms with Gasteiger partial charge in [0.2, 0.25) is 10.0 Å². The molecular weight excluding hydrogens is 306 g/mol. The summed E-state index contributed by atoms with van der Waals surface area (Å²) in [4.78, 5) is 10.6. The third-order valence-electron chi connectivity index (χ3n) is 4.17. The van der Waals surface area contributed by atoms with Crippen molar-refractivity contribution < 1.29 is 13.3 Å². The molecule has 0 bridgehead atoms. The number of hydrogen-bond donors (Lipinski definition) is 1. The fraction of sp³-hybridized carbons (Fsp3) is 0.571. The monoisotopic (exact) mass is 327 g/mol. The molecule has 8 heteroatoms. The fourth-order valence-electron chi connectivity index (χ4n) is 2.82. The summed E-state index contributed by atoms with van der Waals surface area (Å²) in [5, 5.41) is 14.2. The summed E-state index contributed by atoms with van der Waals surface area (Å²) in [6.45, 7) is 4.13. The lowest BCUT2D eigenvalue weighted by molar-refractivity contribution is -0.385. The molecule has 1 heterocycles. The Morgan fingerprint density at radius 3 is 2.32 bits per heavy atom. The van der Waals surface area contributed by atoms with Gasteiger partial charge in [-0.25, -0.2) is 8.42 Å². The van der Waals surface area contributed by atoms with Crippen LogP contribution in [0.2, 0.25) is 0 Å². The zero-order valence-corrected chi connectivity index (χ0v) is 13.8. The number of sulfonamides is 1. The Hall–Kier alpha value is -1.51. The van der Waals surface area contributed by atoms with E-state index in [0.717, 1.165) is 12.8 Å². The van der Waals surface area contributed by atoms with Crippen molar-refractivity contribution in [2.75, 3.05) is 20.1 Å². The van der Waals surface area contributed by atoms with Crippen LogP contribution >= 0.6 is 0 Å². The van der Waals surface area contributed by atoms with Crippen LogP contribution < -0.4 is 5.32 Å². The molecule has 1 saturated heterocycles. The van der Waals surface area contributed by atoms with E-state index in [4.69, 9.17) is 0 Å². The first-order valence-corrected chi connectivity index (χ1v) is 8.64. The van der Waals surface area contributed by atoms with Gasteiger partial charge in [-0.15, -0.1) is 0 Å². The third kappa shape index (κ3) is 3.13. The average molecular weight is 327 g/mol. The zero-order valence-electron chi connectivity index (χ0n) is 13.0. The largest absolute Gasteiger partial charge is 0.317 e. The number of hydrogen-bond acceptors (Lipinski definition) is 5. The lowest BCUT2D eigenvalue weighted by Crippen LogP contribution is -2.44. The van der Waals surface area contributed by atoms with Crippen LogP contribution in [0.25, 0.3) is 0 Å². The van der Waals surface area contributed by atoms with E-state index in [-0.39, 0.29) is 10.6 Å². The van der Waals surface area contributed by atoms with Crippen molar-refractivity contribution in [3.05, 3.63) is 33.4 Å². The second kappa shape index (κ2) is 6.31. The van der Waals surface area contributed by atoms with Gasteiger partial charge in [-0.05, 0) is 45.4 Å². The highest BCUT2D eigenvalue weighted by atomic mass is 32.2. The molecule has 22 heavy (non-hydrogen) atoms. The predicted molar refractivity (Wildman–Crippen MR) is 83.4 cm³/mol. The topological polar surface area (TPSA) is 92.6 Å². The summed E-state index contributed by atoms with van der Waals surface area (Å²) in [5.41, 5.74) is 0.850. The molecule has 2 rings (SSSR count). The van der Waals surface area contributed by atoms with Crippen molar-refractivity contribution in [3.63, 3.8) is 0 Å². The molecule has 1 aromatic rings. The van der Waals surface area contributed by atoms with E-state index in [9.17, 15) is 18.5 Å². The molecule has 1 N–H and O–H groups in total. The maximum absolute atomic E-state index is 12.8. The first-order valence-electron chi connectivity index (χ1n) is 7.20. The van der Waals surface area contributed by atoms with E-state index in [1.54, 1.807) is 19.9 Å². The average Bonchev–Trinajstić information content (AvgIpc) is 2.46. The molecule has 1 fully saturated rings. The summed E-state index contributed by atoms with van der Waals surface area (Å²) >= 11 is 0. The normalized spacial score (nSPS) is 17.6. The first kappa shape index (κ1) is 16.9. The summed E-state index contributed by atoms with van der Waals surface area (Å²) in [6.07, 6.45) is 1.48. The van der Waals surface area contributed by atoms with Gasteiger partial charge in [0.05, 0.1) is 9.82 Å². The van der Waals surface area contributed by atoms with Crippen LogP contribution in [0.4, 0.5) is 5.69 Å². The number of nitrogens with zero attached hydrogens (tertiary/aromatic N) is 2. The van der Waals surface area contributed by atoms with Crippen LogP contribution in [0.1, 0.15) is 24.0 Å². The van der Waals surface area contributed by atoms with E-state index in [1.165, 1.54) is 10.4 Å². The maximum Gasteiger partial charge on any atom is 0.273 e. The van der Waals surface area contributed by atoms with Crippen molar-refractivity contribution in [1.29, 1.82) is 0 Å². The van der Waals surface area contributed by atoms with E-state index in [0.29, 0.717) is 30.3 Å². The van der Waals surface area contributed by atoms with E-state index >= 15 is 0 Å². The van der Waals surface area contributed by atoms with Gasteiger partial charge in [-0.1, -0.05) is 0 Å². The summed E-state index contributed by atoms with van der Waals surface area (Å²) < 4.78 is 27.0. The van der Waals surface area contributed by atoms with E-state index < -0.39 is 14.9 Å². The Kier molecular flexibility index (Phi) is 4.84. The predicted octanol–water partition coefficient (Wildman–Crippen LogP) is 1.58. The second-order valence-corrected chi connectivity index (χ2v) is 7.53. The van der Waals surface area contributed by atoms with Crippen molar-refractivity contribution in [3.8, 4) is 0 Å². The van der Waals surface area contributed by atoms with Gasteiger partial charge in [-0.2, -0.15) is 4.31 Å². The highest BCUT2D eigenvalue weighted by Crippen LogP contribution is 2.29. The molecule has 122 valence electrons. The van der Waals surface area contributed by atoms with Crippen LogP contribution in [-0.4, -0.2) is 43.8 Å². The van der Waals surface area contributed by atoms with Crippen molar-refractivity contribution in [1.82, 2.24) is 9.62 Å². The molecule has 1 aromatic carbocycles. The zero-order chi connectivity index (χ0) is 16.5. The van der Waals surface area contributed by atoms with Gasteiger partial charge >= 0.3 is 0 Å². The maximum atomic E-state index is 12.8. The minimum Gasteiger partial charge on any atom is -0.317 e. The van der Waals surface area contributed by atoms with Crippen LogP contribution in [0.5, 0.6) is 0 Å². The number of benzene rings is 1. The quantitative estimate of drug-likeness (QED) is 0.669. The molecule has 0 spiro atoms. The molecule has 0 aliphatic carbocycles. The number of nitrogens with one attached hydrogen (secondary N) is 1. The Bertz CT molecular complexity index is 680. The number of rotatable bonds is 4. The van der Waals surface area contributed by atoms with Crippen molar-refractivity contribution in [2.45, 2.75) is 37.6 Å². The Labute approximate surface area is 130 Å². The number of aryl methyl sites for hydroxylation is 2. The molecule has 7 nitrogen and oxygen atoms in total. The van der Waals surface area contributed by atoms with Crippen molar-refractivity contribution >= 4 is 15.7 Å². The van der Waals surface area contributed by atoms with Crippen LogP contribution in [0.15, 0.2) is 17.0 Å². The fourth-order valence-corrected chi connectivity index (χ4v) is 4.52. The SMILES string of the molecule is CNC1CCN(S(=O)(=O)c2cc([N+](=O)[O-])c(C)cc2C)CC1. The summed E-state index contributed by atoms with van der Waals surface area (Å²) in [5.74, 6) is 0. The van der Waals surface area contributed by atoms with Crippen molar-refractivity contribution in [2.24, 2.45) is 0 Å². The molecule has 0 radical (unpaired) electrons. The molecule has 1 aliphatic rings. The standard InChI is InChI=1S/C14H21N3O4S/c1-10-8-11(2)14(9-13(10)17(18)19)22(20,21)16-6-4-12(15-3)5-7-16/h8-9,12,15H,4-7H2,1-3H3. The van der Waals surface area contributed by atoms with Gasteiger partial charge < -0.3 is 5.32 Å². The van der Waals surface area contributed by atoms with Gasteiger partial charge in [0, 0.05) is 30.8 Å². The van der Waals surface area contributed by atoms with Gasteiger partial charge in [0.25, 0.3) is 5.69 Å². The minimum atomic E-state index is -3.70. The van der Waals surface area contributed by atoms with Crippen LogP contribution in [-0.2, 0) is 10.0 Å². The molecular formula is C14H21N3O4S. The van der Waals surface area contributed by atoms with E-state index in [2.05, 4.69) is 5.32 Å². The molecule has 0 unspecified atom stereocenters. The van der Waals surface area contributed by atoms with Gasteiger partial charge in [0.1, 0.15) is 0 Å². The minimum absolute atomic E-state index is 0.0349. The van der Waals surface area contributed by atoms with Crippen LogP contribution in [0, 0.1) is 24.0 Å². The first-order chi connectivity index (χ1) is 10.3. The van der Waals surface area contributed by atoms with E-state index in [1.807, 2.05) is 7.05 Å². The molecule has 0 saturated carbocycles. The summed E-state index contributed by atoms with van der Waals surface area (Å²) in [7, 11) is -1.83.